The van der Waals surface area contributed by atoms with E-state index in [1.165, 1.54) is 0 Å². The van der Waals surface area contributed by atoms with Crippen LogP contribution in [0, 0.1) is 0 Å². The van der Waals surface area contributed by atoms with E-state index in [4.69, 9.17) is 37.4 Å². The van der Waals surface area contributed by atoms with Crippen molar-refractivity contribution >= 4 is 23.2 Å². The lowest BCUT2D eigenvalue weighted by Gasteiger charge is -2.33. The van der Waals surface area contributed by atoms with E-state index in [-0.39, 0.29) is 13.2 Å². The van der Waals surface area contributed by atoms with Crippen molar-refractivity contribution in [3.63, 3.8) is 0 Å². The van der Waals surface area contributed by atoms with Gasteiger partial charge in [-0.1, -0.05) is 29.3 Å². The second-order valence-electron chi connectivity index (χ2n) is 8.20. The Morgan fingerprint density at radius 3 is 2.27 bits per heavy atom. The molecule has 2 aromatic carbocycles. The maximum absolute atomic E-state index is 10.3. The average Bonchev–Trinajstić information content (AvgIpc) is 2.80. The van der Waals surface area contributed by atoms with E-state index in [0.717, 1.165) is 31.7 Å². The Balaban J connectivity index is 1.29. The molecule has 0 radical (unpaired) electrons. The number of benzene rings is 2. The Hall–Kier alpha value is -1.74. The number of aliphatic hydroxyl groups excluding tert-OH is 2. The van der Waals surface area contributed by atoms with E-state index in [2.05, 4.69) is 10.2 Å². The molecule has 1 saturated heterocycles. The Bertz CT molecular complexity index is 844. The van der Waals surface area contributed by atoms with Crippen molar-refractivity contribution in [3.8, 4) is 17.2 Å². The number of hydrogen-bond donors (Lipinski definition) is 3. The van der Waals surface area contributed by atoms with Gasteiger partial charge in [-0.2, -0.15) is 0 Å². The van der Waals surface area contributed by atoms with Crippen molar-refractivity contribution in [2.45, 2.75) is 31.1 Å². The Kier molecular flexibility index (Phi) is 10.4. The monoisotopic (exact) mass is 498 g/mol. The predicted octanol–water partition coefficient (Wildman–Crippen LogP) is 3.24. The first-order chi connectivity index (χ1) is 15.9. The van der Waals surface area contributed by atoms with Crippen molar-refractivity contribution in [2.24, 2.45) is 0 Å². The summed E-state index contributed by atoms with van der Waals surface area (Å²) in [5, 5.41) is 25.0. The molecule has 3 rings (SSSR count). The van der Waals surface area contributed by atoms with Crippen LogP contribution < -0.4 is 19.5 Å². The molecule has 0 amide bonds. The minimum Gasteiger partial charge on any atom is -0.497 e. The van der Waals surface area contributed by atoms with Crippen LogP contribution in [-0.4, -0.2) is 79.9 Å². The van der Waals surface area contributed by atoms with Crippen LogP contribution >= 0.6 is 23.2 Å². The van der Waals surface area contributed by atoms with E-state index < -0.39 is 12.2 Å². The van der Waals surface area contributed by atoms with E-state index in [0.29, 0.717) is 40.7 Å². The SMILES string of the molecule is COc1cccc(OC[C@H](O)CNC2CCN(C[C@@H](O)COc3cc(Cl)cc(Cl)c3)CC2)c1. The summed E-state index contributed by atoms with van der Waals surface area (Å²) in [5.41, 5.74) is 0. The highest BCUT2D eigenvalue weighted by atomic mass is 35.5. The molecule has 2 atom stereocenters. The molecule has 1 fully saturated rings. The number of nitrogens with one attached hydrogen (secondary N) is 1. The number of halogens is 2. The van der Waals surface area contributed by atoms with Gasteiger partial charge in [0.2, 0.25) is 0 Å². The smallest absolute Gasteiger partial charge is 0.123 e. The fraction of sp³-hybridized carbons (Fsp3) is 0.500. The van der Waals surface area contributed by atoms with Crippen LogP contribution in [0.4, 0.5) is 0 Å². The molecule has 1 aliphatic rings. The van der Waals surface area contributed by atoms with Gasteiger partial charge < -0.3 is 34.6 Å². The highest BCUT2D eigenvalue weighted by Gasteiger charge is 2.21. The number of aliphatic hydroxyl groups is 2. The van der Waals surface area contributed by atoms with Crippen LogP contribution in [-0.2, 0) is 0 Å². The number of nitrogens with zero attached hydrogens (tertiary/aromatic N) is 1. The van der Waals surface area contributed by atoms with Crippen molar-refractivity contribution in [3.05, 3.63) is 52.5 Å². The van der Waals surface area contributed by atoms with Crippen molar-refractivity contribution in [1.82, 2.24) is 10.2 Å². The number of likely N-dealkylation sites (tertiary alicyclic amines) is 1. The number of β-amino-alcohol motifs (C(OH)–C–C–N with tert-alkyl or cyclic N) is 1. The second-order valence-corrected chi connectivity index (χ2v) is 9.07. The lowest BCUT2D eigenvalue weighted by Crippen LogP contribution is -2.47. The normalized spacial score (nSPS) is 16.9. The van der Waals surface area contributed by atoms with Crippen LogP contribution in [0.15, 0.2) is 42.5 Å². The molecule has 182 valence electrons. The zero-order valence-electron chi connectivity index (χ0n) is 18.8. The van der Waals surface area contributed by atoms with Gasteiger partial charge in [0.05, 0.1) is 7.11 Å². The molecule has 7 nitrogen and oxygen atoms in total. The van der Waals surface area contributed by atoms with Crippen molar-refractivity contribution in [1.29, 1.82) is 0 Å². The number of rotatable bonds is 12. The summed E-state index contributed by atoms with van der Waals surface area (Å²) in [6.07, 6.45) is 0.679. The molecule has 0 bridgehead atoms. The number of hydrogen-bond acceptors (Lipinski definition) is 7. The molecule has 2 aromatic rings. The number of piperidine rings is 1. The highest BCUT2D eigenvalue weighted by molar-refractivity contribution is 6.34. The van der Waals surface area contributed by atoms with Gasteiger partial charge in [0.25, 0.3) is 0 Å². The van der Waals surface area contributed by atoms with E-state index >= 15 is 0 Å². The zero-order chi connectivity index (χ0) is 23.6. The molecule has 0 spiro atoms. The Morgan fingerprint density at radius 2 is 1.58 bits per heavy atom. The molecular weight excluding hydrogens is 467 g/mol. The zero-order valence-corrected chi connectivity index (χ0v) is 20.3. The van der Waals surface area contributed by atoms with Crippen LogP contribution in [0.3, 0.4) is 0 Å². The van der Waals surface area contributed by atoms with Crippen molar-refractivity contribution in [2.75, 3.05) is 46.5 Å². The third kappa shape index (κ3) is 9.20. The largest absolute Gasteiger partial charge is 0.497 e. The predicted molar refractivity (Wildman–Crippen MR) is 130 cm³/mol. The van der Waals surface area contributed by atoms with Gasteiger partial charge in [0, 0.05) is 35.2 Å². The first-order valence-corrected chi connectivity index (χ1v) is 11.8. The Labute approximate surface area is 205 Å². The lowest BCUT2D eigenvalue weighted by atomic mass is 10.0. The summed E-state index contributed by atoms with van der Waals surface area (Å²) < 4.78 is 16.4. The summed E-state index contributed by atoms with van der Waals surface area (Å²) in [5.74, 6) is 1.93. The van der Waals surface area contributed by atoms with Crippen LogP contribution in [0.2, 0.25) is 10.0 Å². The number of ether oxygens (including phenoxy) is 3. The van der Waals surface area contributed by atoms with Crippen LogP contribution in [0.1, 0.15) is 12.8 Å². The molecular formula is C24H32Cl2N2O5. The lowest BCUT2D eigenvalue weighted by molar-refractivity contribution is 0.0556. The van der Waals surface area contributed by atoms with Gasteiger partial charge in [-0.25, -0.2) is 0 Å². The van der Waals surface area contributed by atoms with E-state index in [1.54, 1.807) is 31.4 Å². The molecule has 1 aliphatic heterocycles. The maximum atomic E-state index is 10.3. The highest BCUT2D eigenvalue weighted by Crippen LogP contribution is 2.24. The van der Waals surface area contributed by atoms with Gasteiger partial charge >= 0.3 is 0 Å². The molecule has 0 saturated carbocycles. The third-order valence-corrected chi connectivity index (χ3v) is 5.90. The summed E-state index contributed by atoms with van der Waals surface area (Å²) >= 11 is 11.9. The maximum Gasteiger partial charge on any atom is 0.123 e. The summed E-state index contributed by atoms with van der Waals surface area (Å²) in [6, 6.07) is 12.6. The minimum absolute atomic E-state index is 0.175. The first kappa shape index (κ1) is 25.9. The summed E-state index contributed by atoms with van der Waals surface area (Å²) in [6.45, 7) is 3.13. The van der Waals surface area contributed by atoms with Gasteiger partial charge in [-0.05, 0) is 56.3 Å². The first-order valence-electron chi connectivity index (χ1n) is 11.1. The molecule has 33 heavy (non-hydrogen) atoms. The second kappa shape index (κ2) is 13.2. The fourth-order valence-electron chi connectivity index (χ4n) is 3.72. The molecule has 0 unspecified atom stereocenters. The molecule has 0 aliphatic carbocycles. The van der Waals surface area contributed by atoms with Crippen LogP contribution in [0.25, 0.3) is 0 Å². The average molecular weight is 499 g/mol. The van der Waals surface area contributed by atoms with Crippen molar-refractivity contribution < 1.29 is 24.4 Å². The van der Waals surface area contributed by atoms with E-state index in [1.807, 2.05) is 18.2 Å². The Morgan fingerprint density at radius 1 is 0.939 bits per heavy atom. The van der Waals surface area contributed by atoms with Gasteiger partial charge in [-0.3, -0.25) is 0 Å². The van der Waals surface area contributed by atoms with Gasteiger partial charge in [0.15, 0.2) is 0 Å². The fourth-order valence-corrected chi connectivity index (χ4v) is 4.23. The van der Waals surface area contributed by atoms with E-state index in [9.17, 15) is 10.2 Å². The summed E-state index contributed by atoms with van der Waals surface area (Å²) in [4.78, 5) is 2.22. The molecule has 0 aromatic heterocycles. The quantitative estimate of drug-likeness (QED) is 0.414. The molecule has 9 heteroatoms. The van der Waals surface area contributed by atoms with Gasteiger partial charge in [0.1, 0.15) is 42.7 Å². The number of methoxy groups -OCH3 is 1. The summed E-state index contributed by atoms with van der Waals surface area (Å²) in [7, 11) is 1.61. The standard InChI is InChI=1S/C24H32Cl2N2O5/c1-31-22-3-2-4-23(12-22)32-15-20(29)13-27-19-5-7-28(8-6-19)14-21(30)16-33-24-10-17(25)9-18(26)11-24/h2-4,9-12,19-21,27,29-30H,5-8,13-16H2,1H3/t20-,21-/m1/s1. The molecule has 1 heterocycles. The van der Waals surface area contributed by atoms with Crippen LogP contribution in [0.5, 0.6) is 17.2 Å². The molecule has 3 N–H and O–H groups in total. The topological polar surface area (TPSA) is 83.4 Å². The minimum atomic E-state index is -0.608. The van der Waals surface area contributed by atoms with Gasteiger partial charge in [-0.15, -0.1) is 0 Å². The third-order valence-electron chi connectivity index (χ3n) is 5.46.